The third-order valence-corrected chi connectivity index (χ3v) is 3.68. The number of nitrogens with zero attached hydrogens (tertiary/aromatic N) is 3. The molecule has 0 spiro atoms. The molecule has 1 aromatic rings. The van der Waals surface area contributed by atoms with E-state index in [-0.39, 0.29) is 5.54 Å². The minimum absolute atomic E-state index is 0.216. The molecule has 1 unspecified atom stereocenters. The van der Waals surface area contributed by atoms with Crippen molar-refractivity contribution in [3.63, 3.8) is 0 Å². The van der Waals surface area contributed by atoms with E-state index in [0.29, 0.717) is 0 Å². The Morgan fingerprint density at radius 1 is 0.882 bits per heavy atom. The Labute approximate surface area is 106 Å². The number of hydrogen-bond acceptors (Lipinski definition) is 2. The van der Waals surface area contributed by atoms with Gasteiger partial charge in [-0.25, -0.2) is 0 Å². The summed E-state index contributed by atoms with van der Waals surface area (Å²) in [5.74, 6) is 0. The van der Waals surface area contributed by atoms with Crippen LogP contribution >= 0.6 is 0 Å². The maximum atomic E-state index is 3.95. The fraction of sp³-hybridized carbons (Fsp3) is 0.857. The molecule has 98 valence electrons. The van der Waals surface area contributed by atoms with Crippen LogP contribution in [0, 0.1) is 0 Å². The van der Waals surface area contributed by atoms with Crippen molar-refractivity contribution in [3.05, 3.63) is 12.7 Å². The molecule has 3 heteroatoms. The van der Waals surface area contributed by atoms with Gasteiger partial charge in [-0.1, -0.05) is 52.4 Å². The molecule has 0 saturated heterocycles. The van der Waals surface area contributed by atoms with Crippen LogP contribution in [0.2, 0.25) is 0 Å². The van der Waals surface area contributed by atoms with Crippen LogP contribution in [-0.4, -0.2) is 14.8 Å². The van der Waals surface area contributed by atoms with Crippen LogP contribution in [0.15, 0.2) is 12.7 Å². The molecule has 3 nitrogen and oxygen atoms in total. The van der Waals surface area contributed by atoms with Gasteiger partial charge in [-0.3, -0.25) is 0 Å². The minimum Gasteiger partial charge on any atom is -0.314 e. The Kier molecular flexibility index (Phi) is 6.23. The zero-order valence-electron chi connectivity index (χ0n) is 11.7. The minimum atomic E-state index is 0.216. The van der Waals surface area contributed by atoms with Crippen LogP contribution < -0.4 is 0 Å². The predicted molar refractivity (Wildman–Crippen MR) is 72.0 cm³/mol. The Bertz CT molecular complexity index is 282. The molecule has 0 aromatic carbocycles. The highest BCUT2D eigenvalue weighted by Crippen LogP contribution is 2.29. The van der Waals surface area contributed by atoms with Crippen LogP contribution in [0.4, 0.5) is 0 Å². The Morgan fingerprint density at radius 2 is 1.47 bits per heavy atom. The first-order chi connectivity index (χ1) is 8.23. The lowest BCUT2D eigenvalue weighted by Gasteiger charge is -2.31. The van der Waals surface area contributed by atoms with Crippen LogP contribution in [0.3, 0.4) is 0 Å². The summed E-state index contributed by atoms with van der Waals surface area (Å²) in [5.41, 5.74) is 0.216. The first-order valence-electron chi connectivity index (χ1n) is 7.08. The highest BCUT2D eigenvalue weighted by molar-refractivity contribution is 4.84. The molecule has 1 heterocycles. The van der Waals surface area contributed by atoms with Crippen molar-refractivity contribution in [3.8, 4) is 0 Å². The highest BCUT2D eigenvalue weighted by atomic mass is 15.3. The van der Waals surface area contributed by atoms with Crippen molar-refractivity contribution in [2.45, 2.75) is 77.7 Å². The standard InChI is InChI=1S/C14H27N3/c1-4-6-8-9-11-14(3,10-7-5-2)17-12-15-16-13-17/h12-13H,4-11H2,1-3H3. The number of unbranched alkanes of at least 4 members (excludes halogenated alkanes) is 4. The molecule has 1 atom stereocenters. The molecule has 0 saturated carbocycles. The molecule has 0 aliphatic rings. The smallest absolute Gasteiger partial charge is 0.119 e. The zero-order chi connectivity index (χ0) is 12.6. The Balaban J connectivity index is 2.53. The van der Waals surface area contributed by atoms with Gasteiger partial charge in [0.25, 0.3) is 0 Å². The van der Waals surface area contributed by atoms with Crippen molar-refractivity contribution in [1.29, 1.82) is 0 Å². The van der Waals surface area contributed by atoms with Crippen molar-refractivity contribution in [2.75, 3.05) is 0 Å². The van der Waals surface area contributed by atoms with E-state index in [1.54, 1.807) is 0 Å². The third-order valence-electron chi connectivity index (χ3n) is 3.68. The first kappa shape index (κ1) is 14.2. The van der Waals surface area contributed by atoms with E-state index in [0.717, 1.165) is 0 Å². The fourth-order valence-electron chi connectivity index (χ4n) is 2.35. The van der Waals surface area contributed by atoms with Gasteiger partial charge in [0.2, 0.25) is 0 Å². The topological polar surface area (TPSA) is 30.7 Å². The second kappa shape index (κ2) is 7.46. The molecule has 0 aliphatic carbocycles. The zero-order valence-corrected chi connectivity index (χ0v) is 11.7. The van der Waals surface area contributed by atoms with Crippen LogP contribution in [0.25, 0.3) is 0 Å². The largest absolute Gasteiger partial charge is 0.314 e. The summed E-state index contributed by atoms with van der Waals surface area (Å²) in [6.45, 7) is 6.86. The monoisotopic (exact) mass is 237 g/mol. The molecule has 0 radical (unpaired) electrons. The number of aromatic nitrogens is 3. The van der Waals surface area contributed by atoms with E-state index >= 15 is 0 Å². The van der Waals surface area contributed by atoms with E-state index in [4.69, 9.17) is 0 Å². The van der Waals surface area contributed by atoms with E-state index in [1.165, 1.54) is 51.4 Å². The van der Waals surface area contributed by atoms with Gasteiger partial charge < -0.3 is 4.57 Å². The summed E-state index contributed by atoms with van der Waals surface area (Å²) in [6, 6.07) is 0. The molecule has 0 amide bonds. The van der Waals surface area contributed by atoms with Crippen molar-refractivity contribution in [2.24, 2.45) is 0 Å². The Morgan fingerprint density at radius 3 is 2.06 bits per heavy atom. The fourth-order valence-corrected chi connectivity index (χ4v) is 2.35. The van der Waals surface area contributed by atoms with Gasteiger partial charge in [0.05, 0.1) is 0 Å². The lowest BCUT2D eigenvalue weighted by molar-refractivity contribution is 0.252. The quantitative estimate of drug-likeness (QED) is 0.604. The molecule has 0 bridgehead atoms. The van der Waals surface area contributed by atoms with Crippen LogP contribution in [0.5, 0.6) is 0 Å². The SMILES string of the molecule is CCCCCCC(C)(CCCC)n1cnnc1. The second-order valence-corrected chi connectivity index (χ2v) is 5.28. The first-order valence-corrected chi connectivity index (χ1v) is 7.08. The molecule has 0 fully saturated rings. The van der Waals surface area contributed by atoms with Crippen LogP contribution in [0.1, 0.15) is 72.1 Å². The van der Waals surface area contributed by atoms with E-state index < -0.39 is 0 Å². The summed E-state index contributed by atoms with van der Waals surface area (Å²) < 4.78 is 2.20. The van der Waals surface area contributed by atoms with Gasteiger partial charge in [0.15, 0.2) is 0 Å². The van der Waals surface area contributed by atoms with Crippen LogP contribution in [-0.2, 0) is 5.54 Å². The molecule has 17 heavy (non-hydrogen) atoms. The average Bonchev–Trinajstić information content (AvgIpc) is 2.86. The summed E-state index contributed by atoms with van der Waals surface area (Å²) in [5, 5.41) is 7.91. The van der Waals surface area contributed by atoms with Gasteiger partial charge in [0, 0.05) is 5.54 Å². The molecular weight excluding hydrogens is 210 g/mol. The normalized spacial score (nSPS) is 14.8. The molecule has 0 N–H and O–H groups in total. The lowest BCUT2D eigenvalue weighted by atomic mass is 9.88. The lowest BCUT2D eigenvalue weighted by Crippen LogP contribution is -2.29. The number of rotatable bonds is 9. The van der Waals surface area contributed by atoms with Gasteiger partial charge in [-0.05, 0) is 19.8 Å². The van der Waals surface area contributed by atoms with E-state index in [2.05, 4.69) is 35.5 Å². The third kappa shape index (κ3) is 4.49. The molecular formula is C14H27N3. The van der Waals surface area contributed by atoms with E-state index in [1.807, 2.05) is 12.7 Å². The van der Waals surface area contributed by atoms with Gasteiger partial charge in [0.1, 0.15) is 12.7 Å². The second-order valence-electron chi connectivity index (χ2n) is 5.28. The van der Waals surface area contributed by atoms with Gasteiger partial charge in [-0.15, -0.1) is 10.2 Å². The average molecular weight is 237 g/mol. The molecule has 1 rings (SSSR count). The summed E-state index contributed by atoms with van der Waals surface area (Å²) in [7, 11) is 0. The van der Waals surface area contributed by atoms with Gasteiger partial charge in [-0.2, -0.15) is 0 Å². The predicted octanol–water partition coefficient (Wildman–Crippen LogP) is 4.15. The van der Waals surface area contributed by atoms with Gasteiger partial charge >= 0.3 is 0 Å². The molecule has 0 aliphatic heterocycles. The van der Waals surface area contributed by atoms with Crippen molar-refractivity contribution < 1.29 is 0 Å². The summed E-state index contributed by atoms with van der Waals surface area (Å²) in [6.07, 6.45) is 14.1. The van der Waals surface area contributed by atoms with Crippen molar-refractivity contribution in [1.82, 2.24) is 14.8 Å². The Hall–Kier alpha value is -0.860. The molecule has 1 aromatic heterocycles. The maximum Gasteiger partial charge on any atom is 0.119 e. The highest BCUT2D eigenvalue weighted by Gasteiger charge is 2.24. The van der Waals surface area contributed by atoms with E-state index in [9.17, 15) is 0 Å². The number of hydrogen-bond donors (Lipinski definition) is 0. The summed E-state index contributed by atoms with van der Waals surface area (Å²) >= 11 is 0. The maximum absolute atomic E-state index is 3.95. The van der Waals surface area contributed by atoms with Crippen molar-refractivity contribution >= 4 is 0 Å². The summed E-state index contributed by atoms with van der Waals surface area (Å²) in [4.78, 5) is 0.